The topological polar surface area (TPSA) is 41.8 Å². The maximum atomic E-state index is 7.99. The van der Waals surface area contributed by atoms with Gasteiger partial charge in [-0.05, 0) is 6.42 Å². The van der Waals surface area contributed by atoms with Crippen molar-refractivity contribution < 1.29 is 9.94 Å². The summed E-state index contributed by atoms with van der Waals surface area (Å²) in [5, 5.41) is 10.8. The number of oxime groups is 1. The average Bonchev–Trinajstić information content (AvgIpc) is 1.99. The van der Waals surface area contributed by atoms with E-state index in [1.165, 1.54) is 6.21 Å². The number of nitrogens with zero attached hydrogens (tertiary/aromatic N) is 1. The van der Waals surface area contributed by atoms with E-state index in [9.17, 15) is 0 Å². The molecular weight excluding hydrogens is 130 g/mol. The lowest BCUT2D eigenvalue weighted by atomic mass is 10.3. The minimum atomic E-state index is 0.0676. The van der Waals surface area contributed by atoms with Crippen molar-refractivity contribution >= 4 is 6.21 Å². The monoisotopic (exact) mass is 143 g/mol. The highest BCUT2D eigenvalue weighted by Gasteiger charge is 1.97. The first-order valence-electron chi connectivity index (χ1n) is 3.25. The molecule has 0 aromatic carbocycles. The highest BCUT2D eigenvalue weighted by atomic mass is 16.5. The predicted molar refractivity (Wildman–Crippen MR) is 40.5 cm³/mol. The maximum Gasteiger partial charge on any atom is 0.0860 e. The summed E-state index contributed by atoms with van der Waals surface area (Å²) in [4.78, 5) is 0. The second kappa shape index (κ2) is 6.29. The van der Waals surface area contributed by atoms with Crippen LogP contribution in [0.1, 0.15) is 13.3 Å². The van der Waals surface area contributed by atoms with Gasteiger partial charge in [0.15, 0.2) is 0 Å². The fraction of sp³-hybridized carbons (Fsp3) is 0.571. The van der Waals surface area contributed by atoms with Crippen LogP contribution in [0.3, 0.4) is 0 Å². The Kier molecular flexibility index (Phi) is 5.77. The lowest BCUT2D eigenvalue weighted by Crippen LogP contribution is -2.09. The van der Waals surface area contributed by atoms with Gasteiger partial charge in [0.1, 0.15) is 0 Å². The van der Waals surface area contributed by atoms with E-state index in [2.05, 4.69) is 11.7 Å². The molecule has 1 N–H and O–H groups in total. The Morgan fingerprint density at radius 1 is 1.80 bits per heavy atom. The van der Waals surface area contributed by atoms with Crippen molar-refractivity contribution in [3.63, 3.8) is 0 Å². The molecule has 0 aromatic heterocycles. The number of hydrogen-bond acceptors (Lipinski definition) is 3. The van der Waals surface area contributed by atoms with E-state index < -0.39 is 0 Å². The van der Waals surface area contributed by atoms with Crippen molar-refractivity contribution in [2.75, 3.05) is 6.61 Å². The summed E-state index contributed by atoms with van der Waals surface area (Å²) in [6.07, 6.45) is 3.98. The molecule has 0 aromatic rings. The van der Waals surface area contributed by atoms with Gasteiger partial charge in [-0.2, -0.15) is 0 Å². The second-order valence-electron chi connectivity index (χ2n) is 1.81. The van der Waals surface area contributed by atoms with E-state index in [4.69, 9.17) is 9.94 Å². The molecule has 0 rings (SSSR count). The van der Waals surface area contributed by atoms with Crippen LogP contribution in [0, 0.1) is 0 Å². The summed E-state index contributed by atoms with van der Waals surface area (Å²) in [5.74, 6) is 0. The molecule has 0 aliphatic carbocycles. The summed E-state index contributed by atoms with van der Waals surface area (Å²) in [5.41, 5.74) is 0. The third-order valence-corrected chi connectivity index (χ3v) is 1.13. The molecule has 0 saturated carbocycles. The Balaban J connectivity index is 3.34. The van der Waals surface area contributed by atoms with Gasteiger partial charge in [-0.15, -0.1) is 6.58 Å². The van der Waals surface area contributed by atoms with E-state index in [0.717, 1.165) is 6.42 Å². The SMILES string of the molecule is C=CC(CC)OC/C=N/O. The van der Waals surface area contributed by atoms with E-state index in [-0.39, 0.29) is 6.10 Å². The minimum Gasteiger partial charge on any atom is -0.411 e. The fourth-order valence-electron chi connectivity index (χ4n) is 0.553. The van der Waals surface area contributed by atoms with E-state index in [0.29, 0.717) is 6.61 Å². The zero-order chi connectivity index (χ0) is 7.82. The molecule has 0 fully saturated rings. The van der Waals surface area contributed by atoms with Crippen molar-refractivity contribution in [1.82, 2.24) is 0 Å². The molecule has 0 aliphatic heterocycles. The molecule has 1 unspecified atom stereocenters. The van der Waals surface area contributed by atoms with Gasteiger partial charge in [0.25, 0.3) is 0 Å². The van der Waals surface area contributed by atoms with Gasteiger partial charge in [0.2, 0.25) is 0 Å². The van der Waals surface area contributed by atoms with E-state index in [1.54, 1.807) is 6.08 Å². The lowest BCUT2D eigenvalue weighted by Gasteiger charge is -2.07. The Morgan fingerprint density at radius 2 is 2.50 bits per heavy atom. The molecule has 0 aliphatic rings. The molecule has 58 valence electrons. The number of rotatable bonds is 5. The van der Waals surface area contributed by atoms with Crippen molar-refractivity contribution in [3.05, 3.63) is 12.7 Å². The van der Waals surface area contributed by atoms with Crippen LogP contribution in [0.25, 0.3) is 0 Å². The maximum absolute atomic E-state index is 7.99. The third-order valence-electron chi connectivity index (χ3n) is 1.13. The third kappa shape index (κ3) is 4.09. The van der Waals surface area contributed by atoms with Crippen LogP contribution in [0.15, 0.2) is 17.8 Å². The summed E-state index contributed by atoms with van der Waals surface area (Å²) in [7, 11) is 0. The predicted octanol–water partition coefficient (Wildman–Crippen LogP) is 1.43. The molecule has 0 saturated heterocycles. The summed E-state index contributed by atoms with van der Waals surface area (Å²) in [6.45, 7) is 5.92. The van der Waals surface area contributed by atoms with Crippen LogP contribution >= 0.6 is 0 Å². The zero-order valence-corrected chi connectivity index (χ0v) is 6.16. The van der Waals surface area contributed by atoms with Gasteiger partial charge in [-0.3, -0.25) is 0 Å². The average molecular weight is 143 g/mol. The van der Waals surface area contributed by atoms with Crippen LogP contribution in [-0.4, -0.2) is 24.1 Å². The Bertz CT molecular complexity index is 112. The van der Waals surface area contributed by atoms with Crippen LogP contribution in [0.4, 0.5) is 0 Å². The Labute approximate surface area is 61.0 Å². The van der Waals surface area contributed by atoms with Crippen molar-refractivity contribution in [3.8, 4) is 0 Å². The van der Waals surface area contributed by atoms with Gasteiger partial charge < -0.3 is 9.94 Å². The summed E-state index contributed by atoms with van der Waals surface area (Å²) >= 11 is 0. The highest BCUT2D eigenvalue weighted by Crippen LogP contribution is 1.96. The molecule has 0 spiro atoms. The normalized spacial score (nSPS) is 13.7. The molecule has 0 amide bonds. The van der Waals surface area contributed by atoms with Gasteiger partial charge in [-0.25, -0.2) is 0 Å². The van der Waals surface area contributed by atoms with Crippen molar-refractivity contribution in [2.24, 2.45) is 5.16 Å². The summed E-state index contributed by atoms with van der Waals surface area (Å²) in [6, 6.07) is 0. The van der Waals surface area contributed by atoms with E-state index in [1.807, 2.05) is 6.92 Å². The lowest BCUT2D eigenvalue weighted by molar-refractivity contribution is 0.115. The first-order valence-corrected chi connectivity index (χ1v) is 3.25. The van der Waals surface area contributed by atoms with Crippen LogP contribution in [0.2, 0.25) is 0 Å². The fourth-order valence-corrected chi connectivity index (χ4v) is 0.553. The molecule has 10 heavy (non-hydrogen) atoms. The highest BCUT2D eigenvalue weighted by molar-refractivity contribution is 5.57. The molecule has 0 heterocycles. The standard InChI is InChI=1S/C7H13NO2/c1-3-7(4-2)10-6-5-8-9/h3,5,7,9H,1,4,6H2,2H3/b8-5+. The van der Waals surface area contributed by atoms with Gasteiger partial charge >= 0.3 is 0 Å². The zero-order valence-electron chi connectivity index (χ0n) is 6.16. The van der Waals surface area contributed by atoms with Crippen molar-refractivity contribution in [2.45, 2.75) is 19.4 Å². The summed E-state index contributed by atoms with van der Waals surface area (Å²) < 4.78 is 5.15. The van der Waals surface area contributed by atoms with Crippen LogP contribution < -0.4 is 0 Å². The quantitative estimate of drug-likeness (QED) is 0.274. The number of hydrogen-bond donors (Lipinski definition) is 1. The first-order chi connectivity index (χ1) is 4.85. The minimum absolute atomic E-state index is 0.0676. The second-order valence-corrected chi connectivity index (χ2v) is 1.81. The Morgan fingerprint density at radius 3 is 2.90 bits per heavy atom. The van der Waals surface area contributed by atoms with Crippen LogP contribution in [-0.2, 0) is 4.74 Å². The largest absolute Gasteiger partial charge is 0.411 e. The molecule has 1 atom stereocenters. The van der Waals surface area contributed by atoms with Crippen LogP contribution in [0.5, 0.6) is 0 Å². The number of ether oxygens (including phenoxy) is 1. The smallest absolute Gasteiger partial charge is 0.0860 e. The van der Waals surface area contributed by atoms with Gasteiger partial charge in [0.05, 0.1) is 18.9 Å². The first kappa shape index (κ1) is 9.17. The Hall–Kier alpha value is -0.830. The molecule has 0 bridgehead atoms. The van der Waals surface area contributed by atoms with E-state index >= 15 is 0 Å². The molecule has 0 radical (unpaired) electrons. The van der Waals surface area contributed by atoms with Gasteiger partial charge in [-0.1, -0.05) is 18.2 Å². The molecular formula is C7H13NO2. The van der Waals surface area contributed by atoms with Gasteiger partial charge in [0, 0.05) is 0 Å². The molecule has 3 heteroatoms. The van der Waals surface area contributed by atoms with Crippen molar-refractivity contribution in [1.29, 1.82) is 0 Å². The molecule has 3 nitrogen and oxygen atoms in total.